The average Bonchev–Trinajstić information content (AvgIpc) is 2.55. The number of aryl methyl sites for hydroxylation is 2. The summed E-state index contributed by atoms with van der Waals surface area (Å²) in [7, 11) is 2.05. The van der Waals surface area contributed by atoms with Crippen LogP contribution in [0.25, 0.3) is 0 Å². The molecule has 1 N–H and O–H groups in total. The van der Waals surface area contributed by atoms with Crippen molar-refractivity contribution in [2.45, 2.75) is 39.5 Å². The standard InChI is InChI=1S/C14H24BrN3/c1-4-7-16-9-12-6-5-11(12)8-13-14(15)10(2)17-18(13)3/h11-12,16H,4-9H2,1-3H3. The van der Waals surface area contributed by atoms with Gasteiger partial charge >= 0.3 is 0 Å². The second kappa shape index (κ2) is 6.20. The summed E-state index contributed by atoms with van der Waals surface area (Å²) in [5.74, 6) is 1.69. The van der Waals surface area contributed by atoms with Gasteiger partial charge in [0.2, 0.25) is 0 Å². The minimum atomic E-state index is 0.834. The van der Waals surface area contributed by atoms with Crippen molar-refractivity contribution in [1.82, 2.24) is 15.1 Å². The van der Waals surface area contributed by atoms with E-state index in [0.29, 0.717) is 0 Å². The van der Waals surface area contributed by atoms with Gasteiger partial charge in [0.05, 0.1) is 15.9 Å². The van der Waals surface area contributed by atoms with Crippen LogP contribution in [-0.2, 0) is 13.5 Å². The molecule has 0 radical (unpaired) electrons. The number of hydrogen-bond acceptors (Lipinski definition) is 2. The lowest BCUT2D eigenvalue weighted by Crippen LogP contribution is -2.37. The molecule has 1 saturated carbocycles. The molecule has 1 aromatic rings. The van der Waals surface area contributed by atoms with Gasteiger partial charge in [-0.05, 0) is 73.5 Å². The van der Waals surface area contributed by atoms with E-state index >= 15 is 0 Å². The van der Waals surface area contributed by atoms with Crippen molar-refractivity contribution in [1.29, 1.82) is 0 Å². The van der Waals surface area contributed by atoms with E-state index in [1.807, 2.05) is 4.68 Å². The Bertz CT molecular complexity index is 400. The fourth-order valence-corrected chi connectivity index (χ4v) is 3.29. The Morgan fingerprint density at radius 3 is 2.61 bits per heavy atom. The van der Waals surface area contributed by atoms with Gasteiger partial charge in [0.25, 0.3) is 0 Å². The van der Waals surface area contributed by atoms with Gasteiger partial charge in [0.1, 0.15) is 0 Å². The van der Waals surface area contributed by atoms with Crippen molar-refractivity contribution in [3.63, 3.8) is 0 Å². The first-order chi connectivity index (χ1) is 8.63. The molecule has 0 spiro atoms. The van der Waals surface area contributed by atoms with Crippen molar-refractivity contribution in [2.24, 2.45) is 18.9 Å². The monoisotopic (exact) mass is 313 g/mol. The Morgan fingerprint density at radius 1 is 1.39 bits per heavy atom. The molecule has 102 valence electrons. The fraction of sp³-hybridized carbons (Fsp3) is 0.786. The molecule has 0 saturated heterocycles. The van der Waals surface area contributed by atoms with Gasteiger partial charge in [-0.25, -0.2) is 0 Å². The summed E-state index contributed by atoms with van der Waals surface area (Å²) in [6.07, 6.45) is 5.14. The molecular formula is C14H24BrN3. The van der Waals surface area contributed by atoms with E-state index in [1.54, 1.807) is 0 Å². The zero-order valence-electron chi connectivity index (χ0n) is 11.7. The van der Waals surface area contributed by atoms with Crippen LogP contribution in [0.15, 0.2) is 4.47 Å². The molecule has 1 aromatic heterocycles. The maximum atomic E-state index is 4.48. The molecule has 2 atom stereocenters. The molecule has 1 fully saturated rings. The molecule has 1 heterocycles. The smallest absolute Gasteiger partial charge is 0.0738 e. The third-order valence-electron chi connectivity index (χ3n) is 4.13. The summed E-state index contributed by atoms with van der Waals surface area (Å²) in [5.41, 5.74) is 2.46. The van der Waals surface area contributed by atoms with Crippen molar-refractivity contribution >= 4 is 15.9 Å². The van der Waals surface area contributed by atoms with Crippen LogP contribution in [0.1, 0.15) is 37.6 Å². The summed E-state index contributed by atoms with van der Waals surface area (Å²) in [6, 6.07) is 0. The summed E-state index contributed by atoms with van der Waals surface area (Å²) in [5, 5.41) is 8.03. The molecule has 0 aromatic carbocycles. The van der Waals surface area contributed by atoms with E-state index in [-0.39, 0.29) is 0 Å². The first kappa shape index (κ1) is 14.1. The molecule has 0 amide bonds. The predicted molar refractivity (Wildman–Crippen MR) is 78.7 cm³/mol. The molecule has 1 aliphatic rings. The first-order valence-electron chi connectivity index (χ1n) is 7.02. The minimum absolute atomic E-state index is 0.834. The lowest BCUT2D eigenvalue weighted by atomic mass is 9.71. The van der Waals surface area contributed by atoms with Gasteiger partial charge in [0.15, 0.2) is 0 Å². The van der Waals surface area contributed by atoms with E-state index in [4.69, 9.17) is 0 Å². The lowest BCUT2D eigenvalue weighted by Gasteiger charge is -2.37. The van der Waals surface area contributed by atoms with Gasteiger partial charge in [-0.15, -0.1) is 0 Å². The van der Waals surface area contributed by atoms with Crippen molar-refractivity contribution < 1.29 is 0 Å². The Labute approximate surface area is 118 Å². The highest BCUT2D eigenvalue weighted by atomic mass is 79.9. The number of aromatic nitrogens is 2. The van der Waals surface area contributed by atoms with Crippen LogP contribution < -0.4 is 5.32 Å². The molecule has 2 rings (SSSR count). The zero-order chi connectivity index (χ0) is 13.1. The van der Waals surface area contributed by atoms with Crippen LogP contribution in [0.4, 0.5) is 0 Å². The quantitative estimate of drug-likeness (QED) is 0.818. The topological polar surface area (TPSA) is 29.9 Å². The van der Waals surface area contributed by atoms with E-state index in [2.05, 4.69) is 47.2 Å². The summed E-state index contributed by atoms with van der Waals surface area (Å²) < 4.78 is 3.24. The lowest BCUT2D eigenvalue weighted by molar-refractivity contribution is 0.168. The number of nitrogens with zero attached hydrogens (tertiary/aromatic N) is 2. The fourth-order valence-electron chi connectivity index (χ4n) is 2.79. The highest BCUT2D eigenvalue weighted by Crippen LogP contribution is 2.37. The van der Waals surface area contributed by atoms with E-state index in [0.717, 1.165) is 30.5 Å². The maximum Gasteiger partial charge on any atom is 0.0738 e. The molecular weight excluding hydrogens is 290 g/mol. The van der Waals surface area contributed by atoms with Crippen LogP contribution in [0.5, 0.6) is 0 Å². The average molecular weight is 314 g/mol. The third-order valence-corrected chi connectivity index (χ3v) is 5.16. The summed E-state index contributed by atoms with van der Waals surface area (Å²) >= 11 is 3.67. The third kappa shape index (κ3) is 2.97. The van der Waals surface area contributed by atoms with Crippen LogP contribution in [0.2, 0.25) is 0 Å². The van der Waals surface area contributed by atoms with E-state index in [1.165, 1.54) is 36.0 Å². The number of hydrogen-bond donors (Lipinski definition) is 1. The highest BCUT2D eigenvalue weighted by molar-refractivity contribution is 9.10. The Kier molecular flexibility index (Phi) is 4.84. The Balaban J connectivity index is 1.89. The second-order valence-electron chi connectivity index (χ2n) is 5.48. The summed E-state index contributed by atoms with van der Waals surface area (Å²) in [6.45, 7) is 6.63. The Hall–Kier alpha value is -0.350. The van der Waals surface area contributed by atoms with E-state index in [9.17, 15) is 0 Å². The largest absolute Gasteiger partial charge is 0.316 e. The summed E-state index contributed by atoms with van der Waals surface area (Å²) in [4.78, 5) is 0. The van der Waals surface area contributed by atoms with E-state index < -0.39 is 0 Å². The number of rotatable bonds is 6. The maximum absolute atomic E-state index is 4.48. The zero-order valence-corrected chi connectivity index (χ0v) is 13.3. The van der Waals surface area contributed by atoms with Crippen molar-refractivity contribution in [2.75, 3.05) is 13.1 Å². The van der Waals surface area contributed by atoms with Gasteiger partial charge in [-0.3, -0.25) is 4.68 Å². The van der Waals surface area contributed by atoms with Crippen LogP contribution in [-0.4, -0.2) is 22.9 Å². The van der Waals surface area contributed by atoms with Crippen LogP contribution >= 0.6 is 15.9 Å². The minimum Gasteiger partial charge on any atom is -0.316 e. The van der Waals surface area contributed by atoms with Gasteiger partial charge < -0.3 is 5.32 Å². The number of nitrogens with one attached hydrogen (secondary N) is 1. The van der Waals surface area contributed by atoms with Gasteiger partial charge in [-0.2, -0.15) is 5.10 Å². The molecule has 2 unspecified atom stereocenters. The Morgan fingerprint density at radius 2 is 2.11 bits per heavy atom. The molecule has 3 nitrogen and oxygen atoms in total. The van der Waals surface area contributed by atoms with Crippen LogP contribution in [0.3, 0.4) is 0 Å². The SMILES string of the molecule is CCCNCC1CCC1Cc1c(Br)c(C)nn1C. The predicted octanol–water partition coefficient (Wildman–Crippen LogP) is 3.06. The first-order valence-corrected chi connectivity index (χ1v) is 7.81. The van der Waals surface area contributed by atoms with Gasteiger partial charge in [-0.1, -0.05) is 6.92 Å². The second-order valence-corrected chi connectivity index (χ2v) is 6.27. The molecule has 18 heavy (non-hydrogen) atoms. The number of halogens is 1. The van der Waals surface area contributed by atoms with Crippen molar-refractivity contribution in [3.05, 3.63) is 15.9 Å². The normalized spacial score (nSPS) is 23.1. The molecule has 0 bridgehead atoms. The van der Waals surface area contributed by atoms with Crippen LogP contribution in [0, 0.1) is 18.8 Å². The molecule has 4 heteroatoms. The highest BCUT2D eigenvalue weighted by Gasteiger charge is 2.31. The van der Waals surface area contributed by atoms with Crippen molar-refractivity contribution in [3.8, 4) is 0 Å². The van der Waals surface area contributed by atoms with Gasteiger partial charge in [0, 0.05) is 7.05 Å². The molecule has 1 aliphatic carbocycles. The molecule has 0 aliphatic heterocycles.